The first kappa shape index (κ1) is 18.6. The molecule has 0 fully saturated rings. The number of carbonyl (C=O) groups excluding carboxylic acids is 1. The molecule has 2 rings (SSSR count). The zero-order valence-electron chi connectivity index (χ0n) is 12.4. The zero-order valence-corrected chi connectivity index (χ0v) is 12.4. The van der Waals surface area contributed by atoms with Crippen molar-refractivity contribution in [3.63, 3.8) is 0 Å². The molecule has 0 aliphatic rings. The van der Waals surface area contributed by atoms with Gasteiger partial charge in [-0.25, -0.2) is 0 Å². The molecule has 0 atom stereocenters. The number of benzene rings is 2. The Hall–Kier alpha value is -2.77. The summed E-state index contributed by atoms with van der Waals surface area (Å²) in [5, 5.41) is 0. The minimum Gasteiger partial charge on any atom is -0.398 e. The standard InChI is InChI=1S/C17H11F6NO/c18-16(19,20)12-5-1-3-10(7-12)14(24)9-15(25)11-4-2-6-13(8-11)17(21,22)23/h1-9H,24H2/b14-9-. The summed E-state index contributed by atoms with van der Waals surface area (Å²) in [5.41, 5.74) is 3.04. The molecule has 0 unspecified atom stereocenters. The van der Waals surface area contributed by atoms with Gasteiger partial charge < -0.3 is 5.73 Å². The monoisotopic (exact) mass is 359 g/mol. The third kappa shape index (κ3) is 4.62. The maximum Gasteiger partial charge on any atom is 0.416 e. The maximum absolute atomic E-state index is 12.7. The van der Waals surface area contributed by atoms with Crippen molar-refractivity contribution >= 4 is 11.5 Å². The second kappa shape index (κ2) is 6.62. The molecule has 0 aliphatic heterocycles. The Morgan fingerprint density at radius 3 is 1.72 bits per heavy atom. The quantitative estimate of drug-likeness (QED) is 0.481. The zero-order chi connectivity index (χ0) is 18.8. The third-order valence-electron chi connectivity index (χ3n) is 3.28. The summed E-state index contributed by atoms with van der Waals surface area (Å²) < 4.78 is 76.0. The number of hydrogen-bond donors (Lipinski definition) is 1. The highest BCUT2D eigenvalue weighted by molar-refractivity contribution is 6.08. The molecular formula is C17H11F6NO. The molecule has 25 heavy (non-hydrogen) atoms. The summed E-state index contributed by atoms with van der Waals surface area (Å²) >= 11 is 0. The number of halogens is 6. The summed E-state index contributed by atoms with van der Waals surface area (Å²) in [6.07, 6.45) is -8.40. The molecule has 0 heterocycles. The Kier molecular flexibility index (Phi) is 4.92. The van der Waals surface area contributed by atoms with Crippen LogP contribution in [0.15, 0.2) is 54.6 Å². The predicted molar refractivity (Wildman–Crippen MR) is 79.4 cm³/mol. The highest BCUT2D eigenvalue weighted by Gasteiger charge is 2.31. The van der Waals surface area contributed by atoms with Crippen LogP contribution < -0.4 is 5.73 Å². The van der Waals surface area contributed by atoms with Crippen molar-refractivity contribution in [1.82, 2.24) is 0 Å². The van der Waals surface area contributed by atoms with Crippen LogP contribution in [0.3, 0.4) is 0 Å². The molecule has 2 N–H and O–H groups in total. The normalized spacial score (nSPS) is 13.0. The first-order chi connectivity index (χ1) is 11.5. The van der Waals surface area contributed by atoms with Gasteiger partial charge in [0, 0.05) is 17.3 Å². The first-order valence-electron chi connectivity index (χ1n) is 6.85. The number of ketones is 1. The predicted octanol–water partition coefficient (Wildman–Crippen LogP) is 4.91. The molecule has 0 saturated heterocycles. The number of carbonyl (C=O) groups is 1. The van der Waals surface area contributed by atoms with Crippen molar-refractivity contribution in [3.05, 3.63) is 76.9 Å². The number of nitrogens with two attached hydrogens (primary N) is 1. The molecule has 2 aromatic rings. The topological polar surface area (TPSA) is 43.1 Å². The van der Waals surface area contributed by atoms with Gasteiger partial charge in [0.2, 0.25) is 0 Å². The number of hydrogen-bond acceptors (Lipinski definition) is 2. The summed E-state index contributed by atoms with van der Waals surface area (Å²) in [6, 6.07) is 7.65. The lowest BCUT2D eigenvalue weighted by Gasteiger charge is -2.09. The average Bonchev–Trinajstić information content (AvgIpc) is 2.53. The van der Waals surface area contributed by atoms with Crippen LogP contribution in [0.4, 0.5) is 26.3 Å². The van der Waals surface area contributed by atoms with Gasteiger partial charge in [-0.3, -0.25) is 4.79 Å². The van der Waals surface area contributed by atoms with E-state index in [9.17, 15) is 31.1 Å². The molecule has 0 radical (unpaired) electrons. The minimum absolute atomic E-state index is 0.0600. The Balaban J connectivity index is 2.33. The van der Waals surface area contributed by atoms with Crippen LogP contribution in [-0.2, 0) is 12.4 Å². The van der Waals surface area contributed by atoms with Crippen molar-refractivity contribution in [3.8, 4) is 0 Å². The highest BCUT2D eigenvalue weighted by atomic mass is 19.4. The van der Waals surface area contributed by atoms with Gasteiger partial charge in [0.15, 0.2) is 5.78 Å². The Morgan fingerprint density at radius 2 is 1.24 bits per heavy atom. The van der Waals surface area contributed by atoms with Gasteiger partial charge >= 0.3 is 12.4 Å². The van der Waals surface area contributed by atoms with Crippen LogP contribution in [0.5, 0.6) is 0 Å². The summed E-state index contributed by atoms with van der Waals surface area (Å²) in [7, 11) is 0. The van der Waals surface area contributed by atoms with Gasteiger partial charge in [-0.2, -0.15) is 26.3 Å². The van der Waals surface area contributed by atoms with Crippen molar-refractivity contribution in [2.24, 2.45) is 5.73 Å². The molecule has 0 aromatic heterocycles. The fourth-order valence-corrected chi connectivity index (χ4v) is 2.03. The lowest BCUT2D eigenvalue weighted by Crippen LogP contribution is -2.08. The van der Waals surface area contributed by atoms with E-state index >= 15 is 0 Å². The van der Waals surface area contributed by atoms with Gasteiger partial charge in [0.05, 0.1) is 11.1 Å². The third-order valence-corrected chi connectivity index (χ3v) is 3.28. The molecule has 132 valence electrons. The van der Waals surface area contributed by atoms with E-state index in [4.69, 9.17) is 5.73 Å². The van der Waals surface area contributed by atoms with E-state index in [1.54, 1.807) is 0 Å². The number of allylic oxidation sites excluding steroid dienone is 1. The van der Waals surface area contributed by atoms with Gasteiger partial charge in [0.1, 0.15) is 0 Å². The smallest absolute Gasteiger partial charge is 0.398 e. The Morgan fingerprint density at radius 1 is 0.800 bits per heavy atom. The van der Waals surface area contributed by atoms with Crippen LogP contribution in [-0.4, -0.2) is 5.78 Å². The molecule has 0 amide bonds. The van der Waals surface area contributed by atoms with E-state index in [1.807, 2.05) is 0 Å². The van der Waals surface area contributed by atoms with Crippen LogP contribution in [0, 0.1) is 0 Å². The van der Waals surface area contributed by atoms with E-state index in [1.165, 1.54) is 6.07 Å². The second-order valence-corrected chi connectivity index (χ2v) is 5.12. The van der Waals surface area contributed by atoms with Gasteiger partial charge in [-0.15, -0.1) is 0 Å². The van der Waals surface area contributed by atoms with Crippen LogP contribution in [0.25, 0.3) is 5.70 Å². The molecule has 2 nitrogen and oxygen atoms in total. The van der Waals surface area contributed by atoms with Crippen molar-refractivity contribution in [2.45, 2.75) is 12.4 Å². The molecule has 0 spiro atoms. The van der Waals surface area contributed by atoms with E-state index in [2.05, 4.69) is 0 Å². The number of alkyl halides is 6. The second-order valence-electron chi connectivity index (χ2n) is 5.12. The SMILES string of the molecule is N/C(=C\C(=O)c1cccc(C(F)(F)F)c1)c1cccc(C(F)(F)F)c1. The van der Waals surface area contributed by atoms with E-state index in [0.29, 0.717) is 6.07 Å². The lowest BCUT2D eigenvalue weighted by molar-refractivity contribution is -0.138. The van der Waals surface area contributed by atoms with Gasteiger partial charge in [-0.1, -0.05) is 24.3 Å². The molecule has 0 aliphatic carbocycles. The fraction of sp³-hybridized carbons (Fsp3) is 0.118. The maximum atomic E-state index is 12.7. The van der Waals surface area contributed by atoms with Crippen LogP contribution in [0.2, 0.25) is 0 Å². The summed E-state index contributed by atoms with van der Waals surface area (Å²) in [5.74, 6) is -0.846. The van der Waals surface area contributed by atoms with Gasteiger partial charge in [-0.05, 0) is 29.8 Å². The van der Waals surface area contributed by atoms with Crippen molar-refractivity contribution in [2.75, 3.05) is 0 Å². The minimum atomic E-state index is -4.62. The van der Waals surface area contributed by atoms with Gasteiger partial charge in [0.25, 0.3) is 0 Å². The fourth-order valence-electron chi connectivity index (χ4n) is 2.03. The largest absolute Gasteiger partial charge is 0.416 e. The van der Waals surface area contributed by atoms with Crippen LogP contribution >= 0.6 is 0 Å². The molecule has 8 heteroatoms. The Labute approximate surface area is 138 Å². The van der Waals surface area contributed by atoms with E-state index < -0.39 is 29.3 Å². The number of rotatable bonds is 3. The molecule has 0 bridgehead atoms. The Bertz CT molecular complexity index is 820. The molecule has 2 aromatic carbocycles. The first-order valence-corrected chi connectivity index (χ1v) is 6.85. The summed E-state index contributed by atoms with van der Waals surface area (Å²) in [4.78, 5) is 12.0. The molecule has 0 saturated carbocycles. The van der Waals surface area contributed by atoms with Crippen LogP contribution in [0.1, 0.15) is 27.0 Å². The van der Waals surface area contributed by atoms with Crippen molar-refractivity contribution < 1.29 is 31.1 Å². The highest BCUT2D eigenvalue weighted by Crippen LogP contribution is 2.31. The van der Waals surface area contributed by atoms with E-state index in [-0.39, 0.29) is 16.8 Å². The summed E-state index contributed by atoms with van der Waals surface area (Å²) in [6.45, 7) is 0. The lowest BCUT2D eigenvalue weighted by atomic mass is 10.0. The van der Waals surface area contributed by atoms with E-state index in [0.717, 1.165) is 42.5 Å². The average molecular weight is 359 g/mol. The van der Waals surface area contributed by atoms with Crippen molar-refractivity contribution in [1.29, 1.82) is 0 Å². The molecular weight excluding hydrogens is 348 g/mol.